The number of methoxy groups -OCH3 is 1. The highest BCUT2D eigenvalue weighted by atomic mass is 32.1. The molecular weight excluding hydrogens is 469 g/mol. The maximum atomic E-state index is 13.7. The van der Waals surface area contributed by atoms with Gasteiger partial charge in [-0.1, -0.05) is 48.5 Å². The third-order valence-electron chi connectivity index (χ3n) is 5.93. The molecule has 2 aromatic carbocycles. The third kappa shape index (κ3) is 3.72. The Kier molecular flexibility index (Phi) is 5.57. The summed E-state index contributed by atoms with van der Waals surface area (Å²) in [5, 5.41) is 1.21. The Morgan fingerprint density at radius 2 is 1.82 bits per heavy atom. The van der Waals surface area contributed by atoms with Gasteiger partial charge in [-0.2, -0.15) is 18.2 Å². The molecule has 6 nitrogen and oxygen atoms in total. The zero-order valence-electron chi connectivity index (χ0n) is 17.9. The molecule has 2 aliphatic heterocycles. The van der Waals surface area contributed by atoms with Gasteiger partial charge in [0.1, 0.15) is 12.6 Å². The number of hydrogen-bond acceptors (Lipinski definition) is 5. The summed E-state index contributed by atoms with van der Waals surface area (Å²) >= 11 is 1.06. The van der Waals surface area contributed by atoms with E-state index in [-0.39, 0.29) is 18.7 Å². The summed E-state index contributed by atoms with van der Waals surface area (Å²) in [5.74, 6) is -0.657. The highest BCUT2D eigenvalue weighted by Crippen LogP contribution is 2.51. The molecule has 0 spiro atoms. The molecule has 0 aliphatic carbocycles. The lowest BCUT2D eigenvalue weighted by molar-refractivity contribution is -0.146. The van der Waals surface area contributed by atoms with Crippen LogP contribution in [0.4, 0.5) is 18.0 Å². The van der Waals surface area contributed by atoms with Gasteiger partial charge >= 0.3 is 18.2 Å². The second kappa shape index (κ2) is 8.44. The Morgan fingerprint density at radius 3 is 2.53 bits per heavy atom. The predicted molar refractivity (Wildman–Crippen MR) is 117 cm³/mol. The second-order valence-electron chi connectivity index (χ2n) is 7.93. The fraction of sp³-hybridized carbons (Fsp3) is 0.250. The van der Waals surface area contributed by atoms with Crippen molar-refractivity contribution in [3.8, 4) is 10.4 Å². The number of halogens is 3. The Bertz CT molecular complexity index is 1240. The first-order valence-corrected chi connectivity index (χ1v) is 11.3. The lowest BCUT2D eigenvalue weighted by Crippen LogP contribution is -2.38. The van der Waals surface area contributed by atoms with E-state index in [9.17, 15) is 22.8 Å². The summed E-state index contributed by atoms with van der Waals surface area (Å²) < 4.78 is 45.9. The highest BCUT2D eigenvalue weighted by Gasteiger charge is 2.52. The third-order valence-corrected chi connectivity index (χ3v) is 7.17. The van der Waals surface area contributed by atoms with Gasteiger partial charge in [0.25, 0.3) is 0 Å². The van der Waals surface area contributed by atoms with Gasteiger partial charge in [0.2, 0.25) is 0 Å². The zero-order chi connectivity index (χ0) is 24.0. The molecule has 1 saturated heterocycles. The molecule has 5 rings (SSSR count). The number of esters is 1. The van der Waals surface area contributed by atoms with Crippen molar-refractivity contribution in [1.82, 2.24) is 9.96 Å². The SMILES string of the molecule is COC(=O)C1c2sc(-c3ccccc3C(F)(F)F)cc2C2CN1C(=O)N2OCc1ccccc1. The van der Waals surface area contributed by atoms with Crippen LogP contribution in [0.25, 0.3) is 10.4 Å². The van der Waals surface area contributed by atoms with Gasteiger partial charge < -0.3 is 9.64 Å². The van der Waals surface area contributed by atoms with Crippen molar-refractivity contribution in [3.63, 3.8) is 0 Å². The smallest absolute Gasteiger partial charge is 0.417 e. The molecule has 0 saturated carbocycles. The topological polar surface area (TPSA) is 59.1 Å². The number of fused-ring (bicyclic) bond motifs is 4. The molecule has 176 valence electrons. The van der Waals surface area contributed by atoms with Crippen LogP contribution < -0.4 is 0 Å². The zero-order valence-corrected chi connectivity index (χ0v) is 18.7. The van der Waals surface area contributed by atoms with Crippen LogP contribution in [0.3, 0.4) is 0 Å². The molecule has 2 bridgehead atoms. The van der Waals surface area contributed by atoms with Crippen LogP contribution in [0.1, 0.15) is 33.7 Å². The van der Waals surface area contributed by atoms with Gasteiger partial charge in [-0.05, 0) is 23.3 Å². The maximum absolute atomic E-state index is 13.7. The first-order chi connectivity index (χ1) is 16.3. The lowest BCUT2D eigenvalue weighted by Gasteiger charge is -2.28. The van der Waals surface area contributed by atoms with Crippen molar-refractivity contribution < 1.29 is 32.3 Å². The number of carbonyl (C=O) groups is 2. The summed E-state index contributed by atoms with van der Waals surface area (Å²) in [7, 11) is 1.21. The van der Waals surface area contributed by atoms with E-state index in [0.717, 1.165) is 23.0 Å². The molecular formula is C24H19F3N2O4S. The Labute approximate surface area is 197 Å². The molecule has 10 heteroatoms. The van der Waals surface area contributed by atoms with Crippen LogP contribution in [0, 0.1) is 0 Å². The number of urea groups is 1. The molecule has 1 fully saturated rings. The van der Waals surface area contributed by atoms with E-state index >= 15 is 0 Å². The molecule has 34 heavy (non-hydrogen) atoms. The Balaban J connectivity index is 1.56. The average molecular weight is 488 g/mol. The first-order valence-electron chi connectivity index (χ1n) is 10.4. The number of benzene rings is 2. The van der Waals surface area contributed by atoms with Crippen molar-refractivity contribution in [2.24, 2.45) is 0 Å². The Morgan fingerprint density at radius 1 is 1.12 bits per heavy atom. The molecule has 2 amide bonds. The summed E-state index contributed by atoms with van der Waals surface area (Å²) in [6.07, 6.45) is -4.54. The summed E-state index contributed by atoms with van der Waals surface area (Å²) in [6.45, 7) is 0.292. The van der Waals surface area contributed by atoms with E-state index in [1.165, 1.54) is 35.3 Å². The van der Waals surface area contributed by atoms with Gasteiger partial charge in [0, 0.05) is 15.3 Å². The van der Waals surface area contributed by atoms with Crippen LogP contribution in [0.2, 0.25) is 0 Å². The first kappa shape index (κ1) is 22.4. The van der Waals surface area contributed by atoms with Crippen molar-refractivity contribution in [3.05, 3.63) is 82.2 Å². The molecule has 3 heterocycles. The number of hydroxylamine groups is 2. The Hall–Kier alpha value is -3.37. The number of ether oxygens (including phenoxy) is 1. The van der Waals surface area contributed by atoms with Crippen molar-refractivity contribution in [1.29, 1.82) is 0 Å². The van der Waals surface area contributed by atoms with Crippen LogP contribution in [0.15, 0.2) is 60.7 Å². The van der Waals surface area contributed by atoms with Crippen molar-refractivity contribution in [2.45, 2.75) is 24.9 Å². The number of thiophene rings is 1. The minimum absolute atomic E-state index is 0.0203. The summed E-state index contributed by atoms with van der Waals surface area (Å²) in [4.78, 5) is 33.8. The number of nitrogens with zero attached hydrogens (tertiary/aromatic N) is 2. The second-order valence-corrected chi connectivity index (χ2v) is 9.02. The number of alkyl halides is 3. The highest BCUT2D eigenvalue weighted by molar-refractivity contribution is 7.16. The van der Waals surface area contributed by atoms with Crippen molar-refractivity contribution >= 4 is 23.3 Å². The van der Waals surface area contributed by atoms with E-state index in [2.05, 4.69) is 0 Å². The van der Waals surface area contributed by atoms with Crippen LogP contribution >= 0.6 is 11.3 Å². The van der Waals surface area contributed by atoms with Crippen LogP contribution in [-0.4, -0.2) is 35.6 Å². The number of rotatable bonds is 5. The van der Waals surface area contributed by atoms with E-state index in [4.69, 9.17) is 9.57 Å². The fourth-order valence-corrected chi connectivity index (χ4v) is 5.72. The fourth-order valence-electron chi connectivity index (χ4n) is 4.36. The van der Waals surface area contributed by atoms with E-state index < -0.39 is 35.8 Å². The molecule has 1 aromatic heterocycles. The van der Waals surface area contributed by atoms with E-state index in [0.29, 0.717) is 15.3 Å². The van der Waals surface area contributed by atoms with E-state index in [1.807, 2.05) is 30.3 Å². The molecule has 3 aromatic rings. The summed E-state index contributed by atoms with van der Waals surface area (Å²) in [6, 6.07) is 14.1. The molecule has 2 aliphatic rings. The normalized spacial score (nSPS) is 19.4. The largest absolute Gasteiger partial charge is 0.467 e. The monoisotopic (exact) mass is 488 g/mol. The molecule has 0 radical (unpaired) electrons. The predicted octanol–water partition coefficient (Wildman–Crippen LogP) is 5.57. The lowest BCUT2D eigenvalue weighted by atomic mass is 9.97. The standard InChI is InChI=1S/C24H19F3N2O4S/c1-32-22(30)20-21-16(11-19(34-21)15-9-5-6-10-17(15)24(25,26)27)18-12-28(20)23(31)29(18)33-13-14-7-3-2-4-8-14/h2-11,18,20H,12-13H2,1H3. The number of carbonyl (C=O) groups excluding carboxylic acids is 2. The van der Waals surface area contributed by atoms with Crippen LogP contribution in [0.5, 0.6) is 0 Å². The number of amides is 2. The van der Waals surface area contributed by atoms with Gasteiger partial charge in [0.15, 0.2) is 6.04 Å². The van der Waals surface area contributed by atoms with Gasteiger partial charge in [-0.15, -0.1) is 11.3 Å². The quantitative estimate of drug-likeness (QED) is 0.441. The average Bonchev–Trinajstić information content (AvgIpc) is 3.39. The van der Waals surface area contributed by atoms with Gasteiger partial charge in [0.05, 0.1) is 19.2 Å². The maximum Gasteiger partial charge on any atom is 0.417 e. The minimum Gasteiger partial charge on any atom is -0.467 e. The van der Waals surface area contributed by atoms with Gasteiger partial charge in [-0.25, -0.2) is 9.59 Å². The van der Waals surface area contributed by atoms with Gasteiger partial charge in [-0.3, -0.25) is 4.84 Å². The summed E-state index contributed by atoms with van der Waals surface area (Å²) in [5.41, 5.74) is 0.693. The van der Waals surface area contributed by atoms with Crippen molar-refractivity contribution in [2.75, 3.05) is 13.7 Å². The van der Waals surface area contributed by atoms with E-state index in [1.54, 1.807) is 6.07 Å². The molecule has 2 unspecified atom stereocenters. The minimum atomic E-state index is -4.54. The molecule has 2 atom stereocenters. The molecule has 0 N–H and O–H groups in total. The van der Waals surface area contributed by atoms with Crippen LogP contribution in [-0.2, 0) is 27.2 Å². The number of hydrogen-bond donors (Lipinski definition) is 0.